The molecule has 8 heteroatoms. The number of rotatable bonds is 11. The lowest BCUT2D eigenvalue weighted by atomic mass is 10.5. The van der Waals surface area contributed by atoms with Gasteiger partial charge in [0.2, 0.25) is 0 Å². The topological polar surface area (TPSA) is 106 Å². The normalized spacial score (nSPS) is 11.9. The fourth-order valence-electron chi connectivity index (χ4n) is 2.05. The molecule has 0 saturated carbocycles. The number of aryl methyl sites for hydroxylation is 2. The molecule has 0 amide bonds. The molecule has 2 heterocycles. The van der Waals surface area contributed by atoms with Crippen LogP contribution in [0, 0.1) is 13.8 Å². The first-order valence-corrected chi connectivity index (χ1v) is 8.18. The van der Waals surface area contributed by atoms with Crippen molar-refractivity contribution in [2.24, 2.45) is 9.98 Å². The fourth-order valence-corrected chi connectivity index (χ4v) is 2.05. The number of aromatic nitrogens is 4. The van der Waals surface area contributed by atoms with Crippen LogP contribution in [0.2, 0.25) is 0 Å². The Morgan fingerprint density at radius 2 is 1.29 bits per heavy atom. The lowest BCUT2D eigenvalue weighted by Crippen LogP contribution is -2.30. The van der Waals surface area contributed by atoms with E-state index in [9.17, 15) is 0 Å². The number of nitrogens with zero attached hydrogens (tertiary/aromatic N) is 4. The Morgan fingerprint density at radius 1 is 0.833 bits per heavy atom. The lowest BCUT2D eigenvalue weighted by molar-refractivity contribution is 0.619. The molecule has 8 nitrogen and oxygen atoms in total. The third kappa shape index (κ3) is 7.30. The average Bonchev–Trinajstić information content (AvgIpc) is 3.17. The average molecular weight is 330 g/mol. The molecule has 24 heavy (non-hydrogen) atoms. The van der Waals surface area contributed by atoms with E-state index in [4.69, 9.17) is 0 Å². The van der Waals surface area contributed by atoms with E-state index in [2.05, 4.69) is 40.6 Å². The summed E-state index contributed by atoms with van der Waals surface area (Å²) in [5.74, 6) is 1.81. The zero-order valence-corrected chi connectivity index (χ0v) is 14.3. The minimum Gasteiger partial charge on any atom is -0.341 e. The van der Waals surface area contributed by atoms with E-state index in [1.54, 1.807) is 12.4 Å². The van der Waals surface area contributed by atoms with Gasteiger partial charge < -0.3 is 20.6 Å². The van der Waals surface area contributed by atoms with Crippen molar-refractivity contribution < 1.29 is 0 Å². The zero-order chi connectivity index (χ0) is 17.0. The molecular formula is C16H26N8. The first-order chi connectivity index (χ1) is 11.7. The van der Waals surface area contributed by atoms with E-state index < -0.39 is 0 Å². The molecule has 0 unspecified atom stereocenters. The molecule has 0 atom stereocenters. The Balaban J connectivity index is 1.40. The molecule has 0 aliphatic heterocycles. The second-order valence-corrected chi connectivity index (χ2v) is 5.42. The van der Waals surface area contributed by atoms with Crippen LogP contribution in [0.3, 0.4) is 0 Å². The third-order valence-electron chi connectivity index (χ3n) is 3.22. The predicted molar refractivity (Wildman–Crippen MR) is 97.3 cm³/mol. The van der Waals surface area contributed by atoms with Gasteiger partial charge in [0.1, 0.15) is 11.6 Å². The number of aliphatic imine (C=N–C) groups is 2. The van der Waals surface area contributed by atoms with Gasteiger partial charge in [-0.05, 0) is 13.8 Å². The van der Waals surface area contributed by atoms with Crippen LogP contribution in [-0.2, 0) is 0 Å². The minimum absolute atomic E-state index is 0.756. The monoisotopic (exact) mass is 330 g/mol. The van der Waals surface area contributed by atoms with Crippen molar-refractivity contribution in [3.63, 3.8) is 0 Å². The van der Waals surface area contributed by atoms with E-state index in [1.807, 2.05) is 26.3 Å². The number of H-pyrrole nitrogens is 2. The first-order valence-electron chi connectivity index (χ1n) is 8.18. The number of imidazole rings is 2. The van der Waals surface area contributed by atoms with Crippen LogP contribution in [0.25, 0.3) is 0 Å². The largest absolute Gasteiger partial charge is 0.341 e. The van der Waals surface area contributed by atoms with Crippen LogP contribution < -0.4 is 10.6 Å². The number of hydrogen-bond donors (Lipinski definition) is 4. The van der Waals surface area contributed by atoms with Crippen molar-refractivity contribution in [3.8, 4) is 0 Å². The molecule has 0 radical (unpaired) electrons. The van der Waals surface area contributed by atoms with Crippen molar-refractivity contribution in [2.45, 2.75) is 13.8 Å². The Labute approximate surface area is 142 Å². The molecule has 0 fully saturated rings. The fraction of sp³-hybridized carbons (Fsp3) is 0.500. The van der Waals surface area contributed by atoms with Crippen LogP contribution in [0.4, 0.5) is 0 Å². The van der Waals surface area contributed by atoms with Gasteiger partial charge in [0.25, 0.3) is 0 Å². The van der Waals surface area contributed by atoms with E-state index in [1.165, 1.54) is 0 Å². The van der Waals surface area contributed by atoms with Gasteiger partial charge >= 0.3 is 0 Å². The number of hydrogen-bond acceptors (Lipinski definition) is 6. The summed E-state index contributed by atoms with van der Waals surface area (Å²) in [5.41, 5.74) is 1.89. The molecule has 130 valence electrons. The summed E-state index contributed by atoms with van der Waals surface area (Å²) in [6.45, 7) is 8.93. The predicted octanol–water partition coefficient (Wildman–Crippen LogP) is 0.467. The Bertz CT molecular complexity index is 584. The molecule has 0 aliphatic rings. The highest BCUT2D eigenvalue weighted by Gasteiger charge is 1.92. The summed E-state index contributed by atoms with van der Waals surface area (Å²) in [6.07, 6.45) is 7.20. The van der Waals surface area contributed by atoms with Gasteiger partial charge in [-0.3, -0.25) is 9.98 Å². The van der Waals surface area contributed by atoms with Gasteiger partial charge in [-0.2, -0.15) is 0 Å². The van der Waals surface area contributed by atoms with E-state index >= 15 is 0 Å². The Hall–Kier alpha value is -2.32. The highest BCUT2D eigenvalue weighted by Crippen LogP contribution is 1.91. The molecule has 0 saturated heterocycles. The Morgan fingerprint density at radius 3 is 1.67 bits per heavy atom. The highest BCUT2D eigenvalue weighted by atomic mass is 15.0. The molecule has 2 aromatic heterocycles. The van der Waals surface area contributed by atoms with Gasteiger partial charge in [-0.15, -0.1) is 0 Å². The van der Waals surface area contributed by atoms with Gasteiger partial charge in [0, 0.05) is 38.6 Å². The van der Waals surface area contributed by atoms with Crippen molar-refractivity contribution in [1.29, 1.82) is 0 Å². The van der Waals surface area contributed by atoms with Gasteiger partial charge in [-0.25, -0.2) is 9.97 Å². The smallest absolute Gasteiger partial charge is 0.103 e. The van der Waals surface area contributed by atoms with E-state index in [0.29, 0.717) is 0 Å². The minimum atomic E-state index is 0.756. The third-order valence-corrected chi connectivity index (χ3v) is 3.22. The van der Waals surface area contributed by atoms with Crippen LogP contribution in [-0.4, -0.2) is 71.6 Å². The maximum Gasteiger partial charge on any atom is 0.103 e. The molecule has 0 aliphatic carbocycles. The molecule has 0 aromatic carbocycles. The number of aromatic amines is 2. The Kier molecular flexibility index (Phi) is 7.85. The second-order valence-electron chi connectivity index (χ2n) is 5.42. The van der Waals surface area contributed by atoms with E-state index in [-0.39, 0.29) is 0 Å². The van der Waals surface area contributed by atoms with Gasteiger partial charge in [0.15, 0.2) is 0 Å². The van der Waals surface area contributed by atoms with Crippen LogP contribution in [0.1, 0.15) is 23.0 Å². The SMILES string of the molecule is Cc1ncc(C=NCCNCCNCCN=Cc2cnc(C)[nH]2)[nH]1. The van der Waals surface area contributed by atoms with Gasteiger partial charge in [0.05, 0.1) is 36.9 Å². The molecule has 4 N–H and O–H groups in total. The molecule has 2 rings (SSSR count). The summed E-state index contributed by atoms with van der Waals surface area (Å²) in [4.78, 5) is 23.1. The lowest BCUT2D eigenvalue weighted by Gasteiger charge is -2.03. The molecule has 0 spiro atoms. The quantitative estimate of drug-likeness (QED) is 0.355. The van der Waals surface area contributed by atoms with E-state index in [0.717, 1.165) is 62.3 Å². The zero-order valence-electron chi connectivity index (χ0n) is 14.3. The van der Waals surface area contributed by atoms with Crippen LogP contribution in [0.5, 0.6) is 0 Å². The highest BCUT2D eigenvalue weighted by molar-refractivity contribution is 5.76. The first kappa shape index (κ1) is 18.0. The molecule has 0 bridgehead atoms. The van der Waals surface area contributed by atoms with Crippen LogP contribution >= 0.6 is 0 Å². The molecular weight excluding hydrogens is 304 g/mol. The maximum absolute atomic E-state index is 4.34. The number of nitrogens with one attached hydrogen (secondary N) is 4. The summed E-state index contributed by atoms with van der Waals surface area (Å²) in [6, 6.07) is 0. The standard InChI is InChI=1S/C16H26N8/c1-13-21-11-15(23-13)9-19-7-5-17-3-4-18-6-8-20-10-16-12-22-14(2)24-16/h9-12,17-18H,3-8H2,1-2H3,(H,21,23)(H,22,24). The molecule has 2 aromatic rings. The van der Waals surface area contributed by atoms with Crippen molar-refractivity contribution in [2.75, 3.05) is 39.3 Å². The van der Waals surface area contributed by atoms with Crippen molar-refractivity contribution >= 4 is 12.4 Å². The summed E-state index contributed by atoms with van der Waals surface area (Å²) in [7, 11) is 0. The van der Waals surface area contributed by atoms with Gasteiger partial charge in [-0.1, -0.05) is 0 Å². The van der Waals surface area contributed by atoms with Crippen LogP contribution in [0.15, 0.2) is 22.4 Å². The summed E-state index contributed by atoms with van der Waals surface area (Å²) < 4.78 is 0. The summed E-state index contributed by atoms with van der Waals surface area (Å²) in [5, 5.41) is 6.69. The summed E-state index contributed by atoms with van der Waals surface area (Å²) >= 11 is 0. The second kappa shape index (κ2) is 10.5. The van der Waals surface area contributed by atoms with Crippen molar-refractivity contribution in [1.82, 2.24) is 30.6 Å². The van der Waals surface area contributed by atoms with Crippen molar-refractivity contribution in [3.05, 3.63) is 35.4 Å². The maximum atomic E-state index is 4.34.